The number of halogens is 1. The van der Waals surface area contributed by atoms with E-state index in [1.807, 2.05) is 0 Å². The molecule has 4 heteroatoms. The maximum absolute atomic E-state index is 12.9. The molecule has 1 atom stereocenters. The van der Waals surface area contributed by atoms with E-state index in [0.29, 0.717) is 24.8 Å². The van der Waals surface area contributed by atoms with E-state index in [1.54, 1.807) is 12.1 Å². The average Bonchev–Trinajstić information content (AvgIpc) is 2.73. The molecule has 2 rings (SSSR count). The van der Waals surface area contributed by atoms with Gasteiger partial charge in [-0.2, -0.15) is 0 Å². The minimum atomic E-state index is -0.316. The number of nitrogens with one attached hydrogen (secondary N) is 1. The quantitative estimate of drug-likeness (QED) is 0.867. The maximum atomic E-state index is 12.9. The molecular weight excluding hydrogens is 233 g/mol. The first-order chi connectivity index (χ1) is 8.63. The largest absolute Gasteiger partial charge is 0.353 e. The molecule has 1 heterocycles. The fourth-order valence-corrected chi connectivity index (χ4v) is 2.19. The van der Waals surface area contributed by atoms with Crippen LogP contribution in [0.4, 0.5) is 4.39 Å². The number of hydrogen-bond donors (Lipinski definition) is 1. The van der Waals surface area contributed by atoms with Crippen molar-refractivity contribution in [1.82, 2.24) is 5.32 Å². The number of benzene rings is 1. The minimum Gasteiger partial charge on any atom is -0.353 e. The average molecular weight is 249 g/mol. The van der Waals surface area contributed by atoms with Crippen LogP contribution in [-0.4, -0.2) is 17.7 Å². The summed E-state index contributed by atoms with van der Waals surface area (Å²) in [6.07, 6.45) is 2.74. The summed E-state index contributed by atoms with van der Waals surface area (Å²) in [4.78, 5) is 22.7. The maximum Gasteiger partial charge on any atom is 0.220 e. The first-order valence-corrected chi connectivity index (χ1v) is 6.19. The van der Waals surface area contributed by atoms with Crippen molar-refractivity contribution in [2.45, 2.75) is 38.1 Å². The summed E-state index contributed by atoms with van der Waals surface area (Å²) >= 11 is 0. The first-order valence-electron chi connectivity index (χ1n) is 6.19. The van der Waals surface area contributed by atoms with Gasteiger partial charge in [-0.3, -0.25) is 9.59 Å². The van der Waals surface area contributed by atoms with Gasteiger partial charge < -0.3 is 5.32 Å². The fraction of sp³-hybridized carbons (Fsp3) is 0.429. The summed E-state index contributed by atoms with van der Waals surface area (Å²) in [5.74, 6) is -0.164. The molecule has 1 unspecified atom stereocenters. The summed E-state index contributed by atoms with van der Waals surface area (Å²) in [6.45, 7) is 0. The van der Waals surface area contributed by atoms with E-state index < -0.39 is 0 Å². The fourth-order valence-electron chi connectivity index (χ4n) is 2.19. The second kappa shape index (κ2) is 5.76. The molecule has 1 amide bonds. The molecule has 96 valence electrons. The molecule has 0 aliphatic carbocycles. The Morgan fingerprint density at radius 3 is 2.94 bits per heavy atom. The molecule has 18 heavy (non-hydrogen) atoms. The van der Waals surface area contributed by atoms with E-state index in [9.17, 15) is 14.0 Å². The molecule has 1 aromatic rings. The zero-order valence-electron chi connectivity index (χ0n) is 10.1. The van der Waals surface area contributed by atoms with Crippen molar-refractivity contribution in [2.24, 2.45) is 0 Å². The Kier molecular flexibility index (Phi) is 4.07. The van der Waals surface area contributed by atoms with E-state index in [0.717, 1.165) is 6.42 Å². The zero-order chi connectivity index (χ0) is 13.0. The van der Waals surface area contributed by atoms with Gasteiger partial charge in [0.25, 0.3) is 0 Å². The molecule has 1 aromatic carbocycles. The van der Waals surface area contributed by atoms with Gasteiger partial charge in [0, 0.05) is 25.3 Å². The van der Waals surface area contributed by atoms with Gasteiger partial charge in [-0.15, -0.1) is 0 Å². The molecule has 3 nitrogen and oxygen atoms in total. The van der Waals surface area contributed by atoms with Crippen LogP contribution in [0, 0.1) is 5.82 Å². The summed E-state index contributed by atoms with van der Waals surface area (Å²) < 4.78 is 12.9. The van der Waals surface area contributed by atoms with E-state index in [2.05, 4.69) is 5.32 Å². The number of Topliss-reactive ketones (excluding diaryl/α,β-unsaturated/α-hetero) is 1. The molecule has 1 fully saturated rings. The topological polar surface area (TPSA) is 46.2 Å². The Morgan fingerprint density at radius 1 is 1.44 bits per heavy atom. The number of ketones is 1. The van der Waals surface area contributed by atoms with Crippen molar-refractivity contribution >= 4 is 11.7 Å². The molecule has 0 radical (unpaired) electrons. The highest BCUT2D eigenvalue weighted by Gasteiger charge is 2.21. The second-order valence-electron chi connectivity index (χ2n) is 4.69. The van der Waals surface area contributed by atoms with Crippen LogP contribution in [0.25, 0.3) is 0 Å². The first kappa shape index (κ1) is 12.7. The molecule has 1 aliphatic heterocycles. The van der Waals surface area contributed by atoms with Gasteiger partial charge in [-0.25, -0.2) is 4.39 Å². The van der Waals surface area contributed by atoms with Gasteiger partial charge in [0.1, 0.15) is 11.6 Å². The van der Waals surface area contributed by atoms with Crippen LogP contribution in [-0.2, 0) is 16.0 Å². The number of hydrogen-bond acceptors (Lipinski definition) is 2. The van der Waals surface area contributed by atoms with Crippen molar-refractivity contribution in [3.63, 3.8) is 0 Å². The molecule has 1 N–H and O–H groups in total. The van der Waals surface area contributed by atoms with E-state index in [-0.39, 0.29) is 30.0 Å². The molecule has 0 aromatic heterocycles. The van der Waals surface area contributed by atoms with Crippen molar-refractivity contribution in [2.75, 3.05) is 0 Å². The van der Waals surface area contributed by atoms with Crippen LogP contribution in [0.5, 0.6) is 0 Å². The van der Waals surface area contributed by atoms with Gasteiger partial charge in [0.2, 0.25) is 5.91 Å². The van der Waals surface area contributed by atoms with Gasteiger partial charge >= 0.3 is 0 Å². The molecular formula is C14H16FNO2. The Hall–Kier alpha value is -1.71. The van der Waals surface area contributed by atoms with Crippen LogP contribution < -0.4 is 5.32 Å². The predicted molar refractivity (Wildman–Crippen MR) is 65.5 cm³/mol. The standard InChI is InChI=1S/C14H16FNO2/c15-11-3-1-2-10(8-11)9-13(17)6-4-12-5-7-14(18)16-12/h1-3,8,12H,4-7,9H2,(H,16,18). The van der Waals surface area contributed by atoms with Crippen molar-refractivity contribution in [3.8, 4) is 0 Å². The van der Waals surface area contributed by atoms with Crippen molar-refractivity contribution in [3.05, 3.63) is 35.6 Å². The van der Waals surface area contributed by atoms with E-state index in [4.69, 9.17) is 0 Å². The summed E-state index contributed by atoms with van der Waals surface area (Å²) in [6, 6.07) is 6.24. The third kappa shape index (κ3) is 3.65. The number of rotatable bonds is 5. The van der Waals surface area contributed by atoms with Crippen LogP contribution in [0.2, 0.25) is 0 Å². The van der Waals surface area contributed by atoms with Gasteiger partial charge in [-0.05, 0) is 30.5 Å². The van der Waals surface area contributed by atoms with E-state index >= 15 is 0 Å². The Labute approximate surface area is 105 Å². The number of amides is 1. The van der Waals surface area contributed by atoms with E-state index in [1.165, 1.54) is 12.1 Å². The zero-order valence-corrected chi connectivity index (χ0v) is 10.1. The Balaban J connectivity index is 1.77. The lowest BCUT2D eigenvalue weighted by Gasteiger charge is -2.08. The SMILES string of the molecule is O=C(CCC1CCC(=O)N1)Cc1cccc(F)c1. The van der Waals surface area contributed by atoms with Crippen LogP contribution in [0.1, 0.15) is 31.2 Å². The lowest BCUT2D eigenvalue weighted by Crippen LogP contribution is -2.25. The molecule has 0 spiro atoms. The number of carbonyl (C=O) groups excluding carboxylic acids is 2. The monoisotopic (exact) mass is 249 g/mol. The number of carbonyl (C=O) groups is 2. The normalized spacial score (nSPS) is 18.7. The third-order valence-corrected chi connectivity index (χ3v) is 3.15. The van der Waals surface area contributed by atoms with Crippen molar-refractivity contribution in [1.29, 1.82) is 0 Å². The highest BCUT2D eigenvalue weighted by atomic mass is 19.1. The molecule has 1 aliphatic rings. The summed E-state index contributed by atoms with van der Waals surface area (Å²) in [7, 11) is 0. The van der Waals surface area contributed by atoms with Crippen LogP contribution in [0.15, 0.2) is 24.3 Å². The molecule has 1 saturated heterocycles. The second-order valence-corrected chi connectivity index (χ2v) is 4.69. The van der Waals surface area contributed by atoms with Crippen molar-refractivity contribution < 1.29 is 14.0 Å². The Bertz CT molecular complexity index is 459. The predicted octanol–water partition coefficient (Wildman–Crippen LogP) is 2.00. The molecule has 0 bridgehead atoms. The van der Waals surface area contributed by atoms with Gasteiger partial charge in [0.05, 0.1) is 0 Å². The highest BCUT2D eigenvalue weighted by molar-refractivity contribution is 5.81. The Morgan fingerprint density at radius 2 is 2.28 bits per heavy atom. The van der Waals surface area contributed by atoms with Gasteiger partial charge in [0.15, 0.2) is 0 Å². The smallest absolute Gasteiger partial charge is 0.220 e. The van der Waals surface area contributed by atoms with Crippen LogP contribution >= 0.6 is 0 Å². The highest BCUT2D eigenvalue weighted by Crippen LogP contribution is 2.13. The summed E-state index contributed by atoms with van der Waals surface area (Å²) in [5, 5.41) is 2.83. The molecule has 0 saturated carbocycles. The third-order valence-electron chi connectivity index (χ3n) is 3.15. The minimum absolute atomic E-state index is 0.0672. The lowest BCUT2D eigenvalue weighted by molar-refractivity contribution is -0.120. The van der Waals surface area contributed by atoms with Gasteiger partial charge in [-0.1, -0.05) is 12.1 Å². The van der Waals surface area contributed by atoms with Crippen LogP contribution in [0.3, 0.4) is 0 Å². The lowest BCUT2D eigenvalue weighted by atomic mass is 10.0. The summed E-state index contributed by atoms with van der Waals surface area (Å²) in [5.41, 5.74) is 0.704.